The highest BCUT2D eigenvalue weighted by Gasteiger charge is 2.26. The molecule has 0 bridgehead atoms. The smallest absolute Gasteiger partial charge is 0.162 e. The van der Waals surface area contributed by atoms with Gasteiger partial charge in [-0.1, -0.05) is 134 Å². The van der Waals surface area contributed by atoms with E-state index in [1.807, 2.05) is 11.3 Å². The third-order valence-corrected chi connectivity index (χ3v) is 14.7. The van der Waals surface area contributed by atoms with Crippen LogP contribution in [0, 0.1) is 5.92 Å². The van der Waals surface area contributed by atoms with Gasteiger partial charge >= 0.3 is 0 Å². The highest BCUT2D eigenvalue weighted by molar-refractivity contribution is 7.25. The van der Waals surface area contributed by atoms with Crippen molar-refractivity contribution in [2.45, 2.75) is 13.3 Å². The summed E-state index contributed by atoms with van der Waals surface area (Å²) in [4.78, 5) is 11.5. The Kier molecular flexibility index (Phi) is 7.83. The van der Waals surface area contributed by atoms with Gasteiger partial charge < -0.3 is 8.98 Å². The number of allylic oxidation sites excluding steroid dienone is 1. The average Bonchev–Trinajstić information content (AvgIpc) is 4.10. The highest BCUT2D eigenvalue weighted by Crippen LogP contribution is 2.42. The van der Waals surface area contributed by atoms with Gasteiger partial charge in [-0.3, -0.25) is 4.57 Å². The molecule has 9 aromatic carbocycles. The van der Waals surface area contributed by atoms with E-state index < -0.39 is 0 Å². The molecule has 1 unspecified atom stereocenters. The van der Waals surface area contributed by atoms with Crippen LogP contribution >= 0.6 is 11.3 Å². The first-order valence-corrected chi connectivity index (χ1v) is 23.1. The van der Waals surface area contributed by atoms with Crippen LogP contribution < -0.4 is 0 Å². The lowest BCUT2D eigenvalue weighted by molar-refractivity contribution is 0.666. The zero-order valence-electron chi connectivity index (χ0n) is 35.4. The van der Waals surface area contributed by atoms with Gasteiger partial charge in [-0.15, -0.1) is 11.3 Å². The van der Waals surface area contributed by atoms with E-state index in [0.717, 1.165) is 78.8 Å². The van der Waals surface area contributed by atoms with E-state index in [9.17, 15) is 0 Å². The minimum atomic E-state index is 0.0821. The first kappa shape index (κ1) is 36.4. The maximum Gasteiger partial charge on any atom is 0.162 e. The molecule has 4 aromatic heterocycles. The lowest BCUT2D eigenvalue weighted by atomic mass is 9.93. The number of aliphatic imine (C=N–C) groups is 2. The van der Waals surface area contributed by atoms with Gasteiger partial charge in [0.1, 0.15) is 11.4 Å². The number of aromatic nitrogens is 2. The Hall–Kier alpha value is -8.06. The quantitative estimate of drug-likeness (QED) is 0.174. The van der Waals surface area contributed by atoms with Gasteiger partial charge in [0.2, 0.25) is 0 Å². The second-order valence-electron chi connectivity index (χ2n) is 17.3. The Morgan fingerprint density at radius 2 is 1.12 bits per heavy atom. The number of fused-ring (bicyclic) bond motifs is 13. The first-order valence-electron chi connectivity index (χ1n) is 22.3. The second-order valence-corrected chi connectivity index (χ2v) is 18.4. The third-order valence-electron chi connectivity index (χ3n) is 13.6. The monoisotopic (exact) mass is 850 g/mol. The Morgan fingerprint density at radius 3 is 1.89 bits per heavy atom. The molecule has 6 heteroatoms. The van der Waals surface area contributed by atoms with Gasteiger partial charge in [0.25, 0.3) is 0 Å². The summed E-state index contributed by atoms with van der Waals surface area (Å²) in [5, 5.41) is 11.8. The molecule has 0 aliphatic carbocycles. The lowest BCUT2D eigenvalue weighted by Gasteiger charge is -2.20. The number of furan rings is 1. The molecule has 0 N–H and O–H groups in total. The molecule has 1 aliphatic heterocycles. The Balaban J connectivity index is 1.06. The van der Waals surface area contributed by atoms with E-state index in [0.29, 0.717) is 5.84 Å². The number of hydrogen-bond donors (Lipinski definition) is 0. The molecule has 1 atom stereocenters. The van der Waals surface area contributed by atoms with E-state index in [1.54, 1.807) is 0 Å². The van der Waals surface area contributed by atoms with E-state index >= 15 is 0 Å². The summed E-state index contributed by atoms with van der Waals surface area (Å²) in [5.41, 5.74) is 10.1. The van der Waals surface area contributed by atoms with Crippen molar-refractivity contribution in [2.24, 2.45) is 15.9 Å². The molecule has 0 spiro atoms. The summed E-state index contributed by atoms with van der Waals surface area (Å²) in [5.74, 6) is 1.58. The molecule has 0 amide bonds. The fourth-order valence-corrected chi connectivity index (χ4v) is 11.7. The van der Waals surface area contributed by atoms with Crippen LogP contribution in [-0.2, 0) is 0 Å². The number of amidine groups is 1. The van der Waals surface area contributed by atoms with Crippen molar-refractivity contribution in [2.75, 3.05) is 0 Å². The summed E-state index contributed by atoms with van der Waals surface area (Å²) in [6.45, 7) is 2.30. The van der Waals surface area contributed by atoms with Crippen molar-refractivity contribution in [3.63, 3.8) is 0 Å². The van der Waals surface area contributed by atoms with Crippen LogP contribution in [0.1, 0.15) is 24.5 Å². The van der Waals surface area contributed by atoms with Crippen molar-refractivity contribution >= 4 is 125 Å². The minimum absolute atomic E-state index is 0.0821. The molecule has 0 saturated heterocycles. The van der Waals surface area contributed by atoms with Gasteiger partial charge in [0, 0.05) is 64.0 Å². The van der Waals surface area contributed by atoms with Gasteiger partial charge in [-0.25, -0.2) is 9.98 Å². The van der Waals surface area contributed by atoms with E-state index in [-0.39, 0.29) is 5.92 Å². The summed E-state index contributed by atoms with van der Waals surface area (Å²) in [6.07, 6.45) is 3.08. The fraction of sp³-hybridized carbons (Fsp3) is 0.0508. The number of benzene rings is 9. The number of hydrogen-bond acceptors (Lipinski definition) is 4. The second kappa shape index (κ2) is 14.0. The standard InChI is InChI=1S/C59H38N4OS/c1-35-26-31-55(63-48-22-10-4-16-39(48)40-17-5-11-23-49(40)63)60-59(61-57(35)38-27-28-43-42-19-8-13-25-53(42)65-54(43)34-38)45-29-30-50(58-56(45)44-20-7-12-24-52(44)64-58)62-47-21-9-6-18-41(47)46-32-36-14-2-3-15-37(36)33-51(46)62/h2-25,27-35H,26H2,1H3/b55-31-,60-59-,61-57+. The van der Waals surface area contributed by atoms with E-state index in [4.69, 9.17) is 14.4 Å². The fourth-order valence-electron chi connectivity index (χ4n) is 10.6. The number of rotatable bonds is 4. The largest absolute Gasteiger partial charge is 0.454 e. The molecule has 306 valence electrons. The Labute approximate surface area is 377 Å². The van der Waals surface area contributed by atoms with Crippen LogP contribution in [0.4, 0.5) is 0 Å². The number of para-hydroxylation sites is 4. The number of nitrogens with zero attached hydrogens (tertiary/aromatic N) is 4. The van der Waals surface area contributed by atoms with Crippen molar-refractivity contribution in [1.29, 1.82) is 0 Å². The van der Waals surface area contributed by atoms with E-state index in [1.165, 1.54) is 52.5 Å². The van der Waals surface area contributed by atoms with Crippen LogP contribution in [0.25, 0.3) is 108 Å². The highest BCUT2D eigenvalue weighted by atomic mass is 32.1. The summed E-state index contributed by atoms with van der Waals surface area (Å²) < 4.78 is 14.3. The summed E-state index contributed by atoms with van der Waals surface area (Å²) in [7, 11) is 0. The predicted octanol–water partition coefficient (Wildman–Crippen LogP) is 16.1. The first-order chi connectivity index (χ1) is 32.1. The Morgan fingerprint density at radius 1 is 0.508 bits per heavy atom. The molecular formula is C59H38N4OS. The zero-order chi connectivity index (χ0) is 42.8. The van der Waals surface area contributed by atoms with Gasteiger partial charge in [0.15, 0.2) is 11.4 Å². The van der Waals surface area contributed by atoms with Crippen molar-refractivity contribution in [1.82, 2.24) is 9.13 Å². The molecule has 0 radical (unpaired) electrons. The van der Waals surface area contributed by atoms with Crippen LogP contribution in [0.3, 0.4) is 0 Å². The van der Waals surface area contributed by atoms with Gasteiger partial charge in [0.05, 0.1) is 33.5 Å². The average molecular weight is 851 g/mol. The number of thiophene rings is 1. The summed E-state index contributed by atoms with van der Waals surface area (Å²) in [6, 6.07) is 67.7. The maximum absolute atomic E-state index is 7.06. The molecule has 65 heavy (non-hydrogen) atoms. The zero-order valence-corrected chi connectivity index (χ0v) is 36.2. The Bertz CT molecular complexity index is 4190. The maximum atomic E-state index is 7.06. The molecule has 0 saturated carbocycles. The normalized spacial score (nSPS) is 17.3. The van der Waals surface area contributed by atoms with E-state index in [2.05, 4.69) is 210 Å². The molecule has 13 aromatic rings. The SMILES string of the molecule is CC1C/C=C(n2c3ccccc3c3ccccc32)/N=C(c2ccc(-n3c4ccccc4c4cc5ccccc5cc43)c3oc4ccccc4c23)\N=C/1c1ccc2c(c1)sc1ccccc12. The molecule has 0 fully saturated rings. The molecule has 14 rings (SSSR count). The molecular weight excluding hydrogens is 813 g/mol. The van der Waals surface area contributed by atoms with Crippen molar-refractivity contribution in [3.8, 4) is 5.69 Å². The summed E-state index contributed by atoms with van der Waals surface area (Å²) >= 11 is 1.84. The minimum Gasteiger partial charge on any atom is -0.454 e. The third kappa shape index (κ3) is 5.44. The van der Waals surface area contributed by atoms with Crippen molar-refractivity contribution < 1.29 is 4.42 Å². The molecule has 5 nitrogen and oxygen atoms in total. The molecule has 5 heterocycles. The van der Waals surface area contributed by atoms with Crippen LogP contribution in [0.5, 0.6) is 0 Å². The van der Waals surface area contributed by atoms with Gasteiger partial charge in [-0.05, 0) is 89.5 Å². The van der Waals surface area contributed by atoms with Crippen LogP contribution in [-0.4, -0.2) is 20.7 Å². The van der Waals surface area contributed by atoms with Crippen LogP contribution in [0.2, 0.25) is 0 Å². The van der Waals surface area contributed by atoms with Crippen LogP contribution in [0.15, 0.2) is 209 Å². The van der Waals surface area contributed by atoms with Gasteiger partial charge in [-0.2, -0.15) is 0 Å². The van der Waals surface area contributed by atoms with Crippen molar-refractivity contribution in [3.05, 3.63) is 205 Å². The molecule has 1 aliphatic rings. The predicted molar refractivity (Wildman–Crippen MR) is 275 cm³/mol. The topological polar surface area (TPSA) is 47.7 Å². The lowest BCUT2D eigenvalue weighted by Crippen LogP contribution is -2.18.